The molecule has 1 atom stereocenters. The van der Waals surface area contributed by atoms with Crippen molar-refractivity contribution in [1.29, 1.82) is 0 Å². The third-order valence-corrected chi connectivity index (χ3v) is 3.21. The first kappa shape index (κ1) is 12.6. The van der Waals surface area contributed by atoms with Crippen LogP contribution in [0.5, 0.6) is 0 Å². The summed E-state index contributed by atoms with van der Waals surface area (Å²) in [5.74, 6) is -0.814. The molecule has 0 aromatic carbocycles. The van der Waals surface area contributed by atoms with E-state index in [1.807, 2.05) is 18.4 Å². The predicted molar refractivity (Wildman–Crippen MR) is 60.3 cm³/mol. The zero-order chi connectivity index (χ0) is 12.1. The molecule has 1 aromatic rings. The lowest BCUT2D eigenvalue weighted by Crippen LogP contribution is -2.17. The van der Waals surface area contributed by atoms with E-state index in [1.165, 1.54) is 18.4 Å². The summed E-state index contributed by atoms with van der Waals surface area (Å²) >= 11 is 1.52. The second-order valence-electron chi connectivity index (χ2n) is 3.42. The van der Waals surface area contributed by atoms with E-state index >= 15 is 0 Å². The van der Waals surface area contributed by atoms with Gasteiger partial charge in [-0.05, 0) is 23.9 Å². The van der Waals surface area contributed by atoms with Crippen molar-refractivity contribution in [3.8, 4) is 0 Å². The monoisotopic (exact) mass is 243 g/mol. The molecule has 1 unspecified atom stereocenters. The molecule has 88 valence electrons. The molecule has 0 aliphatic rings. The SMILES string of the molecule is COC(=O)CC(C[N+](=O)[O-])c1ccsc1C. The minimum absolute atomic E-state index is 0.0506. The summed E-state index contributed by atoms with van der Waals surface area (Å²) in [5.41, 5.74) is 0.868. The molecule has 0 aliphatic heterocycles. The molecule has 0 amide bonds. The Morgan fingerprint density at radius 2 is 2.38 bits per heavy atom. The first-order valence-electron chi connectivity index (χ1n) is 4.77. The third kappa shape index (κ3) is 3.30. The quantitative estimate of drug-likeness (QED) is 0.450. The van der Waals surface area contributed by atoms with Crippen LogP contribution in [0.1, 0.15) is 22.8 Å². The van der Waals surface area contributed by atoms with Gasteiger partial charge in [0.1, 0.15) is 0 Å². The van der Waals surface area contributed by atoms with Gasteiger partial charge in [0.05, 0.1) is 19.4 Å². The Morgan fingerprint density at radius 1 is 1.69 bits per heavy atom. The first-order valence-corrected chi connectivity index (χ1v) is 5.65. The van der Waals surface area contributed by atoms with Crippen LogP contribution in [0.2, 0.25) is 0 Å². The molecule has 0 N–H and O–H groups in total. The number of carbonyl (C=O) groups excluding carboxylic acids is 1. The van der Waals surface area contributed by atoms with Crippen molar-refractivity contribution < 1.29 is 14.5 Å². The average molecular weight is 243 g/mol. The summed E-state index contributed by atoms with van der Waals surface area (Å²) in [6.07, 6.45) is 0.0506. The molecule has 0 saturated heterocycles. The second kappa shape index (κ2) is 5.60. The van der Waals surface area contributed by atoms with E-state index in [0.717, 1.165) is 10.4 Å². The predicted octanol–water partition coefficient (Wildman–Crippen LogP) is 1.98. The Bertz CT molecular complexity index is 388. The molecule has 0 radical (unpaired) electrons. The van der Waals surface area contributed by atoms with Crippen molar-refractivity contribution in [3.63, 3.8) is 0 Å². The number of nitrogens with zero attached hydrogens (tertiary/aromatic N) is 1. The minimum Gasteiger partial charge on any atom is -0.469 e. The summed E-state index contributed by atoms with van der Waals surface area (Å²) in [5, 5.41) is 12.4. The van der Waals surface area contributed by atoms with Gasteiger partial charge >= 0.3 is 5.97 Å². The molecular weight excluding hydrogens is 230 g/mol. The van der Waals surface area contributed by atoms with Gasteiger partial charge in [0.25, 0.3) is 0 Å². The molecule has 0 fully saturated rings. The van der Waals surface area contributed by atoms with Crippen LogP contribution < -0.4 is 0 Å². The number of thiophene rings is 1. The molecule has 0 spiro atoms. The topological polar surface area (TPSA) is 69.4 Å². The van der Waals surface area contributed by atoms with Crippen LogP contribution >= 0.6 is 11.3 Å². The standard InChI is InChI=1S/C10H13NO4S/c1-7-9(3-4-16-7)8(6-11(13)14)5-10(12)15-2/h3-4,8H,5-6H2,1-2H3. The Labute approximate surface area is 97.2 Å². The highest BCUT2D eigenvalue weighted by molar-refractivity contribution is 7.10. The number of methoxy groups -OCH3 is 1. The van der Waals surface area contributed by atoms with Crippen LogP contribution in [0.15, 0.2) is 11.4 Å². The van der Waals surface area contributed by atoms with Crippen molar-refractivity contribution in [2.24, 2.45) is 0 Å². The van der Waals surface area contributed by atoms with Gasteiger partial charge < -0.3 is 4.74 Å². The fourth-order valence-corrected chi connectivity index (χ4v) is 2.35. The summed E-state index contributed by atoms with van der Waals surface area (Å²) in [7, 11) is 1.28. The Kier molecular flexibility index (Phi) is 4.42. The van der Waals surface area contributed by atoms with Gasteiger partial charge in [-0.1, -0.05) is 0 Å². The van der Waals surface area contributed by atoms with Gasteiger partial charge in [-0.15, -0.1) is 11.3 Å². The van der Waals surface area contributed by atoms with E-state index in [4.69, 9.17) is 0 Å². The lowest BCUT2D eigenvalue weighted by molar-refractivity contribution is -0.483. The average Bonchev–Trinajstić information content (AvgIpc) is 2.62. The molecule has 5 nitrogen and oxygen atoms in total. The van der Waals surface area contributed by atoms with E-state index in [2.05, 4.69) is 4.74 Å². The van der Waals surface area contributed by atoms with Crippen LogP contribution in [0, 0.1) is 17.0 Å². The van der Waals surface area contributed by atoms with Gasteiger partial charge in [-0.25, -0.2) is 0 Å². The van der Waals surface area contributed by atoms with Crippen molar-refractivity contribution in [3.05, 3.63) is 32.0 Å². The zero-order valence-corrected chi connectivity index (χ0v) is 9.95. The molecule has 1 aromatic heterocycles. The van der Waals surface area contributed by atoms with Crippen molar-refractivity contribution in [1.82, 2.24) is 0 Å². The summed E-state index contributed by atoms with van der Waals surface area (Å²) in [4.78, 5) is 22.3. The largest absolute Gasteiger partial charge is 0.469 e. The summed E-state index contributed by atoms with van der Waals surface area (Å²) < 4.78 is 4.54. The number of rotatable bonds is 5. The molecule has 0 saturated carbocycles. The molecule has 16 heavy (non-hydrogen) atoms. The summed E-state index contributed by atoms with van der Waals surface area (Å²) in [6, 6.07) is 1.83. The maximum absolute atomic E-state index is 11.2. The highest BCUT2D eigenvalue weighted by Crippen LogP contribution is 2.27. The molecule has 0 aliphatic carbocycles. The van der Waals surface area contributed by atoms with Crippen molar-refractivity contribution in [2.45, 2.75) is 19.3 Å². The number of nitro groups is 1. The maximum atomic E-state index is 11.2. The summed E-state index contributed by atoms with van der Waals surface area (Å²) in [6.45, 7) is 1.65. The Hall–Kier alpha value is -1.43. The molecular formula is C10H13NO4S. The fourth-order valence-electron chi connectivity index (χ4n) is 1.56. The van der Waals surface area contributed by atoms with Crippen molar-refractivity contribution in [2.75, 3.05) is 13.7 Å². The molecule has 1 rings (SSSR count). The van der Waals surface area contributed by atoms with Gasteiger partial charge in [0.2, 0.25) is 6.54 Å². The van der Waals surface area contributed by atoms with Crippen LogP contribution in [0.25, 0.3) is 0 Å². The van der Waals surface area contributed by atoms with Gasteiger partial charge in [-0.2, -0.15) is 0 Å². The second-order valence-corrected chi connectivity index (χ2v) is 4.54. The number of carbonyl (C=O) groups is 1. The smallest absolute Gasteiger partial charge is 0.306 e. The maximum Gasteiger partial charge on any atom is 0.306 e. The number of esters is 1. The van der Waals surface area contributed by atoms with Crippen LogP contribution in [0.3, 0.4) is 0 Å². The lowest BCUT2D eigenvalue weighted by atomic mass is 9.97. The minimum atomic E-state index is -0.419. The van der Waals surface area contributed by atoms with Gasteiger partial charge in [0, 0.05) is 9.80 Å². The lowest BCUT2D eigenvalue weighted by Gasteiger charge is -2.11. The Morgan fingerprint density at radius 3 is 2.81 bits per heavy atom. The number of hydrogen-bond donors (Lipinski definition) is 0. The number of ether oxygens (including phenoxy) is 1. The van der Waals surface area contributed by atoms with E-state index in [9.17, 15) is 14.9 Å². The molecule has 0 bridgehead atoms. The first-order chi connectivity index (χ1) is 7.54. The van der Waals surface area contributed by atoms with E-state index in [1.54, 1.807) is 0 Å². The van der Waals surface area contributed by atoms with Gasteiger partial charge in [0.15, 0.2) is 0 Å². The highest BCUT2D eigenvalue weighted by Gasteiger charge is 2.23. The molecule has 1 heterocycles. The van der Waals surface area contributed by atoms with E-state index in [0.29, 0.717) is 0 Å². The van der Waals surface area contributed by atoms with E-state index < -0.39 is 16.8 Å². The fraction of sp³-hybridized carbons (Fsp3) is 0.500. The number of hydrogen-bond acceptors (Lipinski definition) is 5. The normalized spacial score (nSPS) is 12.1. The van der Waals surface area contributed by atoms with Crippen LogP contribution in [0.4, 0.5) is 0 Å². The van der Waals surface area contributed by atoms with Crippen molar-refractivity contribution >= 4 is 17.3 Å². The van der Waals surface area contributed by atoms with Crippen LogP contribution in [-0.2, 0) is 9.53 Å². The molecule has 6 heteroatoms. The van der Waals surface area contributed by atoms with Crippen LogP contribution in [-0.4, -0.2) is 24.5 Å². The zero-order valence-electron chi connectivity index (χ0n) is 9.13. The Balaban J connectivity index is 2.83. The highest BCUT2D eigenvalue weighted by atomic mass is 32.1. The van der Waals surface area contributed by atoms with Gasteiger partial charge in [-0.3, -0.25) is 14.9 Å². The third-order valence-electron chi connectivity index (χ3n) is 2.35. The van der Waals surface area contributed by atoms with E-state index in [-0.39, 0.29) is 13.0 Å². The number of aryl methyl sites for hydroxylation is 1.